The number of aromatic nitrogens is 4. The van der Waals surface area contributed by atoms with Crippen molar-refractivity contribution >= 4 is 23.4 Å². The lowest BCUT2D eigenvalue weighted by Crippen LogP contribution is -2.41. The Balaban J connectivity index is 1.28. The molecule has 0 fully saturated rings. The number of nitrogens with one attached hydrogen (secondary N) is 1. The quantitative estimate of drug-likeness (QED) is 0.670. The predicted octanol–water partition coefficient (Wildman–Crippen LogP) is 1.79. The van der Waals surface area contributed by atoms with Crippen molar-refractivity contribution < 1.29 is 14.3 Å². The Hall–Kier alpha value is -2.81. The van der Waals surface area contributed by atoms with Crippen molar-refractivity contribution in [1.82, 2.24) is 24.9 Å². The summed E-state index contributed by atoms with van der Waals surface area (Å²) < 4.78 is 13.1. The molecule has 1 aromatic carbocycles. The van der Waals surface area contributed by atoms with Crippen LogP contribution in [0.2, 0.25) is 0 Å². The molecule has 27 heavy (non-hydrogen) atoms. The van der Waals surface area contributed by atoms with E-state index in [0.717, 1.165) is 17.1 Å². The number of aryl methyl sites for hydroxylation is 2. The minimum absolute atomic E-state index is 0.109. The first-order chi connectivity index (χ1) is 13.1. The minimum atomic E-state index is -0.211. The zero-order valence-corrected chi connectivity index (χ0v) is 15.8. The van der Waals surface area contributed by atoms with E-state index in [1.54, 1.807) is 4.52 Å². The van der Waals surface area contributed by atoms with Crippen LogP contribution in [0.5, 0.6) is 11.5 Å². The molecular formula is C18H19N5O3S. The second kappa shape index (κ2) is 7.43. The largest absolute Gasteiger partial charge is 0.486 e. The topological polar surface area (TPSA) is 90.6 Å². The molecule has 0 saturated heterocycles. The number of amides is 1. The molecule has 3 heterocycles. The van der Waals surface area contributed by atoms with Crippen LogP contribution in [0.4, 0.5) is 0 Å². The SMILES string of the molecule is Cc1cc(C)n2nc(SCC(=O)NC[C@H]3COc4ccccc4O3)nc2n1. The Labute approximate surface area is 160 Å². The van der Waals surface area contributed by atoms with E-state index in [4.69, 9.17) is 9.47 Å². The zero-order chi connectivity index (χ0) is 18.8. The van der Waals surface area contributed by atoms with Gasteiger partial charge in [0.2, 0.25) is 11.1 Å². The number of rotatable bonds is 5. The molecule has 0 saturated carbocycles. The first-order valence-corrected chi connectivity index (χ1v) is 9.56. The standard InChI is InChI=1S/C18H19N5O3S/c1-11-7-12(2)23-17(20-11)21-18(22-23)27-10-16(24)19-8-13-9-25-14-5-3-4-6-15(14)26-13/h3-7,13H,8-10H2,1-2H3,(H,19,24)/t13-/m0/s1. The summed E-state index contributed by atoms with van der Waals surface area (Å²) >= 11 is 1.28. The van der Waals surface area contributed by atoms with Gasteiger partial charge < -0.3 is 14.8 Å². The van der Waals surface area contributed by atoms with Crippen molar-refractivity contribution in [3.05, 3.63) is 41.7 Å². The normalized spacial score (nSPS) is 15.7. The third-order valence-corrected chi connectivity index (χ3v) is 4.86. The molecule has 2 aromatic heterocycles. The number of ether oxygens (including phenoxy) is 2. The molecule has 0 spiro atoms. The maximum Gasteiger partial charge on any atom is 0.253 e. The van der Waals surface area contributed by atoms with Crippen molar-refractivity contribution in [1.29, 1.82) is 0 Å². The van der Waals surface area contributed by atoms with Gasteiger partial charge in [0.25, 0.3) is 5.78 Å². The van der Waals surface area contributed by atoms with Gasteiger partial charge in [-0.1, -0.05) is 23.9 Å². The van der Waals surface area contributed by atoms with Gasteiger partial charge in [-0.15, -0.1) is 5.10 Å². The Morgan fingerprint density at radius 3 is 2.96 bits per heavy atom. The van der Waals surface area contributed by atoms with E-state index in [2.05, 4.69) is 20.4 Å². The van der Waals surface area contributed by atoms with E-state index in [1.807, 2.05) is 44.2 Å². The van der Waals surface area contributed by atoms with Crippen molar-refractivity contribution in [3.63, 3.8) is 0 Å². The smallest absolute Gasteiger partial charge is 0.253 e. The van der Waals surface area contributed by atoms with Crippen LogP contribution in [0.3, 0.4) is 0 Å². The van der Waals surface area contributed by atoms with Gasteiger partial charge in [-0.25, -0.2) is 9.50 Å². The molecule has 0 unspecified atom stereocenters. The first-order valence-electron chi connectivity index (χ1n) is 8.57. The second-order valence-electron chi connectivity index (χ2n) is 6.24. The average molecular weight is 385 g/mol. The number of hydrogen-bond donors (Lipinski definition) is 1. The molecule has 0 bridgehead atoms. The van der Waals surface area contributed by atoms with Crippen molar-refractivity contribution in [2.45, 2.75) is 25.1 Å². The predicted molar refractivity (Wildman–Crippen MR) is 100 cm³/mol. The number of thioether (sulfide) groups is 1. The molecular weight excluding hydrogens is 366 g/mol. The fourth-order valence-corrected chi connectivity index (χ4v) is 3.43. The monoisotopic (exact) mass is 385 g/mol. The highest BCUT2D eigenvalue weighted by Crippen LogP contribution is 2.30. The molecule has 1 aliphatic heterocycles. The van der Waals surface area contributed by atoms with Crippen LogP contribution in [0, 0.1) is 13.8 Å². The number of hydrogen-bond acceptors (Lipinski definition) is 7. The lowest BCUT2D eigenvalue weighted by molar-refractivity contribution is -0.119. The summed E-state index contributed by atoms with van der Waals surface area (Å²) in [6.45, 7) is 4.65. The highest BCUT2D eigenvalue weighted by atomic mass is 32.2. The molecule has 1 atom stereocenters. The van der Waals surface area contributed by atoms with Crippen LogP contribution in [0.15, 0.2) is 35.5 Å². The summed E-state index contributed by atoms with van der Waals surface area (Å²) in [5.74, 6) is 2.08. The summed E-state index contributed by atoms with van der Waals surface area (Å²) in [6, 6.07) is 9.44. The Morgan fingerprint density at radius 1 is 1.30 bits per heavy atom. The highest BCUT2D eigenvalue weighted by molar-refractivity contribution is 7.99. The summed E-state index contributed by atoms with van der Waals surface area (Å²) in [4.78, 5) is 20.8. The lowest BCUT2D eigenvalue weighted by Gasteiger charge is -2.26. The van der Waals surface area contributed by atoms with E-state index < -0.39 is 0 Å². The molecule has 1 amide bonds. The number of nitrogens with zero attached hydrogens (tertiary/aromatic N) is 4. The number of carbonyl (C=O) groups excluding carboxylic acids is 1. The van der Waals surface area contributed by atoms with Gasteiger partial charge in [0, 0.05) is 11.4 Å². The van der Waals surface area contributed by atoms with Crippen LogP contribution >= 0.6 is 11.8 Å². The van der Waals surface area contributed by atoms with Gasteiger partial charge in [0.1, 0.15) is 12.7 Å². The Bertz CT molecular complexity index is 990. The lowest BCUT2D eigenvalue weighted by atomic mass is 10.2. The molecule has 8 nitrogen and oxygen atoms in total. The van der Waals surface area contributed by atoms with Gasteiger partial charge in [-0.3, -0.25) is 4.79 Å². The van der Waals surface area contributed by atoms with E-state index in [1.165, 1.54) is 11.8 Å². The first kappa shape index (κ1) is 17.6. The fourth-order valence-electron chi connectivity index (χ4n) is 2.78. The molecule has 9 heteroatoms. The van der Waals surface area contributed by atoms with Gasteiger partial charge >= 0.3 is 0 Å². The molecule has 1 N–H and O–H groups in total. The maximum atomic E-state index is 12.1. The van der Waals surface area contributed by atoms with E-state index in [-0.39, 0.29) is 17.8 Å². The summed E-state index contributed by atoms with van der Waals surface area (Å²) in [5, 5.41) is 7.77. The van der Waals surface area contributed by atoms with E-state index in [9.17, 15) is 4.79 Å². The maximum absolute atomic E-state index is 12.1. The molecule has 1 aliphatic rings. The average Bonchev–Trinajstić information content (AvgIpc) is 3.08. The van der Waals surface area contributed by atoms with Crippen LogP contribution in [-0.4, -0.2) is 50.5 Å². The third-order valence-electron chi connectivity index (χ3n) is 4.03. The van der Waals surface area contributed by atoms with Crippen molar-refractivity contribution in [2.75, 3.05) is 18.9 Å². The molecule has 0 aliphatic carbocycles. The number of fused-ring (bicyclic) bond motifs is 2. The van der Waals surface area contributed by atoms with Crippen molar-refractivity contribution in [3.8, 4) is 11.5 Å². The summed E-state index contributed by atoms with van der Waals surface area (Å²) in [5.41, 5.74) is 1.84. The third kappa shape index (κ3) is 3.97. The molecule has 4 rings (SSSR count). The van der Waals surface area contributed by atoms with Crippen LogP contribution < -0.4 is 14.8 Å². The van der Waals surface area contributed by atoms with Gasteiger partial charge in [-0.05, 0) is 32.0 Å². The molecule has 0 radical (unpaired) electrons. The number of benzene rings is 1. The van der Waals surface area contributed by atoms with Gasteiger partial charge in [0.15, 0.2) is 11.5 Å². The Morgan fingerprint density at radius 2 is 2.11 bits per heavy atom. The van der Waals surface area contributed by atoms with Gasteiger partial charge in [0.05, 0.1) is 12.3 Å². The van der Waals surface area contributed by atoms with Crippen LogP contribution in [-0.2, 0) is 4.79 Å². The number of carbonyl (C=O) groups is 1. The molecule has 3 aromatic rings. The summed E-state index contributed by atoms with van der Waals surface area (Å²) in [7, 11) is 0. The van der Waals surface area contributed by atoms with Gasteiger partial charge in [-0.2, -0.15) is 4.98 Å². The van der Waals surface area contributed by atoms with Crippen LogP contribution in [0.25, 0.3) is 5.78 Å². The zero-order valence-electron chi connectivity index (χ0n) is 15.0. The van der Waals surface area contributed by atoms with Crippen molar-refractivity contribution in [2.24, 2.45) is 0 Å². The fraction of sp³-hybridized carbons (Fsp3) is 0.333. The number of para-hydroxylation sites is 2. The second-order valence-corrected chi connectivity index (χ2v) is 7.18. The van der Waals surface area contributed by atoms with E-state index >= 15 is 0 Å². The van der Waals surface area contributed by atoms with Crippen LogP contribution in [0.1, 0.15) is 11.4 Å². The Kier molecular flexibility index (Phi) is 4.85. The minimum Gasteiger partial charge on any atom is -0.486 e. The highest BCUT2D eigenvalue weighted by Gasteiger charge is 2.21. The summed E-state index contributed by atoms with van der Waals surface area (Å²) in [6.07, 6.45) is -0.211. The molecule has 140 valence electrons. The van der Waals surface area contributed by atoms with E-state index in [0.29, 0.717) is 29.8 Å².